The molecule has 5 nitrogen and oxygen atoms in total. The summed E-state index contributed by atoms with van der Waals surface area (Å²) in [6, 6.07) is 13.8. The number of nitrogens with one attached hydrogen (secondary N) is 2. The van der Waals surface area contributed by atoms with Gasteiger partial charge in [0.1, 0.15) is 6.04 Å². The van der Waals surface area contributed by atoms with E-state index in [-0.39, 0.29) is 5.91 Å². The lowest BCUT2D eigenvalue weighted by Gasteiger charge is -2.22. The Labute approximate surface area is 164 Å². The number of halogens is 1. The van der Waals surface area contributed by atoms with Crippen molar-refractivity contribution in [3.63, 3.8) is 0 Å². The Morgan fingerprint density at radius 1 is 1.11 bits per heavy atom. The molecule has 2 aromatic rings. The zero-order valence-electron chi connectivity index (χ0n) is 15.2. The van der Waals surface area contributed by atoms with Gasteiger partial charge < -0.3 is 19.7 Å². The number of amides is 1. The molecule has 1 unspecified atom stereocenters. The van der Waals surface area contributed by atoms with Crippen molar-refractivity contribution in [2.75, 3.05) is 31.6 Å². The fourth-order valence-electron chi connectivity index (χ4n) is 3.89. The summed E-state index contributed by atoms with van der Waals surface area (Å²) < 4.78 is 11.6. The van der Waals surface area contributed by atoms with Crippen molar-refractivity contribution in [2.24, 2.45) is 0 Å². The van der Waals surface area contributed by atoms with Crippen LogP contribution in [0.3, 0.4) is 0 Å². The van der Waals surface area contributed by atoms with Gasteiger partial charge in [-0.15, -0.1) is 0 Å². The number of rotatable bonds is 4. The first-order valence-electron chi connectivity index (χ1n) is 9.49. The Balaban J connectivity index is 1.45. The predicted octanol–water partition coefficient (Wildman–Crippen LogP) is 2.86. The van der Waals surface area contributed by atoms with Gasteiger partial charge in [-0.05, 0) is 30.3 Å². The largest absolute Gasteiger partial charge is 0.490 e. The molecule has 2 atom stereocenters. The summed E-state index contributed by atoms with van der Waals surface area (Å²) in [6.45, 7) is 2.77. The maximum Gasteiger partial charge on any atom is 0.279 e. The number of carbonyl (C=O) groups is 1. The first-order valence-corrected chi connectivity index (χ1v) is 9.87. The van der Waals surface area contributed by atoms with E-state index in [0.29, 0.717) is 36.5 Å². The Morgan fingerprint density at radius 2 is 1.93 bits per heavy atom. The number of likely N-dealkylation sites (tertiary alicyclic amines) is 1. The Bertz CT molecular complexity index is 827. The molecule has 2 aliphatic rings. The van der Waals surface area contributed by atoms with Crippen LogP contribution in [0.4, 0.5) is 5.69 Å². The third kappa shape index (κ3) is 4.20. The molecule has 1 saturated heterocycles. The van der Waals surface area contributed by atoms with E-state index in [4.69, 9.17) is 21.1 Å². The molecule has 2 aromatic carbocycles. The lowest BCUT2D eigenvalue weighted by atomic mass is 10.0. The molecule has 4 rings (SSSR count). The molecule has 1 fully saturated rings. The van der Waals surface area contributed by atoms with Crippen LogP contribution < -0.4 is 19.7 Å². The third-order valence-electron chi connectivity index (χ3n) is 5.19. The molecule has 142 valence electrons. The lowest BCUT2D eigenvalue weighted by molar-refractivity contribution is -0.910. The molecule has 2 N–H and O–H groups in total. The average molecular weight is 388 g/mol. The SMILES string of the molecule is O=C(C[NH+]1CCC[C@H]1c1ccc2c(c1)OCCCO2)Nc1ccccc1Cl. The van der Waals surface area contributed by atoms with Gasteiger partial charge in [0.25, 0.3) is 5.91 Å². The number of benzene rings is 2. The second-order valence-electron chi connectivity index (χ2n) is 7.06. The minimum atomic E-state index is -0.0145. The molecule has 2 aliphatic heterocycles. The summed E-state index contributed by atoms with van der Waals surface area (Å²) in [6.07, 6.45) is 3.06. The maximum atomic E-state index is 12.5. The number of hydrogen-bond acceptors (Lipinski definition) is 3. The highest BCUT2D eigenvalue weighted by Crippen LogP contribution is 2.33. The summed E-state index contributed by atoms with van der Waals surface area (Å²) in [4.78, 5) is 13.8. The van der Waals surface area contributed by atoms with Crippen molar-refractivity contribution in [1.29, 1.82) is 0 Å². The summed E-state index contributed by atoms with van der Waals surface area (Å²) in [5.41, 5.74) is 1.87. The van der Waals surface area contributed by atoms with Gasteiger partial charge in [0.2, 0.25) is 0 Å². The topological polar surface area (TPSA) is 52.0 Å². The number of para-hydroxylation sites is 1. The summed E-state index contributed by atoms with van der Waals surface area (Å²) in [5, 5.41) is 3.49. The average Bonchev–Trinajstić information content (AvgIpc) is 2.99. The van der Waals surface area contributed by atoms with Crippen LogP contribution in [0.15, 0.2) is 42.5 Å². The fourth-order valence-corrected chi connectivity index (χ4v) is 4.07. The Morgan fingerprint density at radius 3 is 2.78 bits per heavy atom. The highest BCUT2D eigenvalue weighted by atomic mass is 35.5. The van der Waals surface area contributed by atoms with E-state index in [1.165, 1.54) is 10.5 Å². The van der Waals surface area contributed by atoms with Crippen LogP contribution in [0.5, 0.6) is 11.5 Å². The van der Waals surface area contributed by atoms with E-state index >= 15 is 0 Å². The summed E-state index contributed by atoms with van der Waals surface area (Å²) >= 11 is 6.14. The van der Waals surface area contributed by atoms with Crippen LogP contribution in [-0.4, -0.2) is 32.2 Å². The van der Waals surface area contributed by atoms with Crippen molar-refractivity contribution >= 4 is 23.2 Å². The number of fused-ring (bicyclic) bond motifs is 1. The molecule has 0 saturated carbocycles. The monoisotopic (exact) mass is 387 g/mol. The van der Waals surface area contributed by atoms with Crippen molar-refractivity contribution in [2.45, 2.75) is 25.3 Å². The molecule has 2 heterocycles. The maximum absolute atomic E-state index is 12.5. The minimum Gasteiger partial charge on any atom is -0.490 e. The number of anilines is 1. The minimum absolute atomic E-state index is 0.0145. The molecule has 6 heteroatoms. The summed E-state index contributed by atoms with van der Waals surface area (Å²) in [7, 11) is 0. The molecule has 1 amide bonds. The zero-order chi connectivity index (χ0) is 18.6. The fraction of sp³-hybridized carbons (Fsp3) is 0.381. The van der Waals surface area contributed by atoms with Gasteiger partial charge in [-0.25, -0.2) is 0 Å². The zero-order valence-corrected chi connectivity index (χ0v) is 15.9. The van der Waals surface area contributed by atoms with E-state index < -0.39 is 0 Å². The smallest absolute Gasteiger partial charge is 0.279 e. The highest BCUT2D eigenvalue weighted by Gasteiger charge is 2.32. The quantitative estimate of drug-likeness (QED) is 0.848. The van der Waals surface area contributed by atoms with E-state index in [0.717, 1.165) is 37.3 Å². The number of quaternary nitrogens is 1. The van der Waals surface area contributed by atoms with Gasteiger partial charge in [-0.2, -0.15) is 0 Å². The van der Waals surface area contributed by atoms with Gasteiger partial charge in [-0.3, -0.25) is 4.79 Å². The van der Waals surface area contributed by atoms with Gasteiger partial charge >= 0.3 is 0 Å². The number of carbonyl (C=O) groups excluding carboxylic acids is 1. The molecule has 0 spiro atoms. The Hall–Kier alpha value is -2.24. The van der Waals surface area contributed by atoms with Gasteiger partial charge in [0.15, 0.2) is 18.0 Å². The van der Waals surface area contributed by atoms with Gasteiger partial charge in [0, 0.05) is 24.8 Å². The molecule has 0 aromatic heterocycles. The van der Waals surface area contributed by atoms with E-state index in [1.807, 2.05) is 24.3 Å². The molecule has 0 bridgehead atoms. The van der Waals surface area contributed by atoms with Crippen LogP contribution in [0.2, 0.25) is 5.02 Å². The lowest BCUT2D eigenvalue weighted by Crippen LogP contribution is -3.11. The van der Waals surface area contributed by atoms with Crippen LogP contribution in [0.25, 0.3) is 0 Å². The molecular formula is C21H24ClN2O3+. The Kier molecular flexibility index (Phi) is 5.50. The van der Waals surface area contributed by atoms with Crippen LogP contribution in [0.1, 0.15) is 30.9 Å². The van der Waals surface area contributed by atoms with Crippen molar-refractivity contribution < 1.29 is 19.2 Å². The summed E-state index contributed by atoms with van der Waals surface area (Å²) in [5.74, 6) is 1.61. The van der Waals surface area contributed by atoms with Crippen molar-refractivity contribution in [3.8, 4) is 11.5 Å². The molecule has 0 aliphatic carbocycles. The first kappa shape index (κ1) is 18.1. The van der Waals surface area contributed by atoms with E-state index in [2.05, 4.69) is 17.4 Å². The van der Waals surface area contributed by atoms with Crippen LogP contribution >= 0.6 is 11.6 Å². The van der Waals surface area contributed by atoms with Gasteiger partial charge in [0.05, 0.1) is 30.5 Å². The van der Waals surface area contributed by atoms with Crippen molar-refractivity contribution in [3.05, 3.63) is 53.1 Å². The second-order valence-corrected chi connectivity index (χ2v) is 7.47. The number of hydrogen-bond donors (Lipinski definition) is 2. The second kappa shape index (κ2) is 8.19. The number of ether oxygens (including phenoxy) is 2. The van der Waals surface area contributed by atoms with Gasteiger partial charge in [-0.1, -0.05) is 23.7 Å². The standard InChI is InChI=1S/C21H23ClN2O3/c22-16-5-1-2-6-17(16)23-21(25)14-24-10-3-7-18(24)15-8-9-19-20(13-15)27-12-4-11-26-19/h1-2,5-6,8-9,13,18H,3-4,7,10-12,14H2,(H,23,25)/p+1/t18-/m0/s1. The first-order chi connectivity index (χ1) is 13.2. The molecular weight excluding hydrogens is 364 g/mol. The van der Waals surface area contributed by atoms with Crippen LogP contribution in [0, 0.1) is 0 Å². The predicted molar refractivity (Wildman–Crippen MR) is 105 cm³/mol. The van der Waals surface area contributed by atoms with Crippen molar-refractivity contribution in [1.82, 2.24) is 0 Å². The third-order valence-corrected chi connectivity index (χ3v) is 5.52. The molecule has 27 heavy (non-hydrogen) atoms. The van der Waals surface area contributed by atoms with E-state index in [1.54, 1.807) is 6.07 Å². The highest BCUT2D eigenvalue weighted by molar-refractivity contribution is 6.33. The normalized spacial score (nSPS) is 21.5. The molecule has 0 radical (unpaired) electrons. The van der Waals surface area contributed by atoms with Crippen LogP contribution in [-0.2, 0) is 4.79 Å². The van der Waals surface area contributed by atoms with E-state index in [9.17, 15) is 4.79 Å².